The molecular weight excluding hydrogens is 214 g/mol. The van der Waals surface area contributed by atoms with Gasteiger partial charge in [0.15, 0.2) is 0 Å². The van der Waals surface area contributed by atoms with Crippen LogP contribution in [0.25, 0.3) is 10.4 Å². The molecule has 1 aliphatic carbocycles. The molecule has 1 aliphatic rings. The largest absolute Gasteiger partial charge is 0.310 e. The van der Waals surface area contributed by atoms with Gasteiger partial charge in [-0.2, -0.15) is 0 Å². The van der Waals surface area contributed by atoms with E-state index < -0.39 is 0 Å². The van der Waals surface area contributed by atoms with Crippen LogP contribution in [0, 0.1) is 0 Å². The van der Waals surface area contributed by atoms with Crippen LogP contribution in [-0.4, -0.2) is 7.05 Å². The minimum Gasteiger partial charge on any atom is -0.310 e. The molecule has 0 spiro atoms. The van der Waals surface area contributed by atoms with Crippen LogP contribution in [0.5, 0.6) is 0 Å². The Morgan fingerprint density at radius 3 is 2.44 bits per heavy atom. The van der Waals surface area contributed by atoms with Gasteiger partial charge >= 0.3 is 0 Å². The molecule has 2 heteroatoms. The zero-order chi connectivity index (χ0) is 11.0. The van der Waals surface area contributed by atoms with Crippen LogP contribution in [-0.2, 0) is 5.54 Å². The monoisotopic (exact) mass is 229 g/mol. The van der Waals surface area contributed by atoms with Gasteiger partial charge in [-0.15, -0.1) is 11.3 Å². The second kappa shape index (κ2) is 3.72. The fourth-order valence-electron chi connectivity index (χ4n) is 2.10. The van der Waals surface area contributed by atoms with Crippen LogP contribution in [0.15, 0.2) is 42.5 Å². The van der Waals surface area contributed by atoms with Gasteiger partial charge < -0.3 is 5.32 Å². The maximum Gasteiger partial charge on any atom is 0.0528 e. The van der Waals surface area contributed by atoms with Crippen molar-refractivity contribution >= 4 is 11.3 Å². The van der Waals surface area contributed by atoms with E-state index in [1.807, 2.05) is 11.3 Å². The second-order valence-electron chi connectivity index (χ2n) is 4.36. The first kappa shape index (κ1) is 10.1. The van der Waals surface area contributed by atoms with Crippen LogP contribution in [0.2, 0.25) is 0 Å². The van der Waals surface area contributed by atoms with Crippen molar-refractivity contribution in [2.45, 2.75) is 18.4 Å². The van der Waals surface area contributed by atoms with Crippen LogP contribution < -0.4 is 5.32 Å². The Bertz CT molecular complexity index is 482. The van der Waals surface area contributed by atoms with Gasteiger partial charge in [-0.05, 0) is 37.6 Å². The van der Waals surface area contributed by atoms with Crippen LogP contribution in [0.3, 0.4) is 0 Å². The average molecular weight is 229 g/mol. The Labute approximate surface area is 100 Å². The lowest BCUT2D eigenvalue weighted by Gasteiger charge is -2.10. The van der Waals surface area contributed by atoms with Gasteiger partial charge in [0, 0.05) is 9.75 Å². The molecule has 1 aromatic carbocycles. The molecule has 0 aliphatic heterocycles. The molecule has 1 nitrogen and oxygen atoms in total. The number of benzene rings is 1. The standard InChI is InChI=1S/C14H15NS/c1-15-14(9-10-14)13-8-7-12(16-13)11-5-3-2-4-6-11/h2-8,15H,9-10H2,1H3. The summed E-state index contributed by atoms with van der Waals surface area (Å²) in [6, 6.07) is 15.1. The van der Waals surface area contributed by atoms with E-state index in [1.165, 1.54) is 28.2 Å². The van der Waals surface area contributed by atoms with E-state index in [0.29, 0.717) is 5.54 Å². The predicted octanol–water partition coefficient (Wildman–Crippen LogP) is 3.62. The third kappa shape index (κ3) is 1.58. The second-order valence-corrected chi connectivity index (χ2v) is 5.45. The number of nitrogens with one attached hydrogen (secondary N) is 1. The summed E-state index contributed by atoms with van der Waals surface area (Å²) < 4.78 is 0. The summed E-state index contributed by atoms with van der Waals surface area (Å²) in [6.07, 6.45) is 2.55. The highest BCUT2D eigenvalue weighted by atomic mass is 32.1. The molecule has 0 atom stereocenters. The molecule has 1 fully saturated rings. The normalized spacial score (nSPS) is 17.3. The van der Waals surface area contributed by atoms with E-state index in [0.717, 1.165) is 0 Å². The number of rotatable bonds is 3. The maximum atomic E-state index is 3.44. The van der Waals surface area contributed by atoms with E-state index in [-0.39, 0.29) is 0 Å². The smallest absolute Gasteiger partial charge is 0.0528 e. The van der Waals surface area contributed by atoms with E-state index in [1.54, 1.807) is 0 Å². The van der Waals surface area contributed by atoms with Gasteiger partial charge in [0.25, 0.3) is 0 Å². The third-order valence-electron chi connectivity index (χ3n) is 3.36. The predicted molar refractivity (Wildman–Crippen MR) is 69.7 cm³/mol. The quantitative estimate of drug-likeness (QED) is 0.847. The molecule has 0 bridgehead atoms. The maximum absolute atomic E-state index is 3.44. The average Bonchev–Trinajstić information content (AvgIpc) is 3.00. The van der Waals surface area contributed by atoms with Crippen LogP contribution in [0.1, 0.15) is 17.7 Å². The fourth-order valence-corrected chi connectivity index (χ4v) is 3.36. The molecule has 2 aromatic rings. The molecular formula is C14H15NS. The summed E-state index contributed by atoms with van der Waals surface area (Å²) in [5, 5.41) is 3.44. The Morgan fingerprint density at radius 2 is 1.81 bits per heavy atom. The third-order valence-corrected chi connectivity index (χ3v) is 4.70. The van der Waals surface area contributed by atoms with Crippen molar-refractivity contribution in [1.82, 2.24) is 5.32 Å². The number of hydrogen-bond donors (Lipinski definition) is 1. The van der Waals surface area contributed by atoms with Crippen molar-refractivity contribution in [3.8, 4) is 10.4 Å². The molecule has 1 saturated carbocycles. The summed E-state index contributed by atoms with van der Waals surface area (Å²) in [6.45, 7) is 0. The van der Waals surface area contributed by atoms with Gasteiger partial charge in [0.2, 0.25) is 0 Å². The summed E-state index contributed by atoms with van der Waals surface area (Å²) in [4.78, 5) is 2.85. The molecule has 1 heterocycles. The summed E-state index contributed by atoms with van der Waals surface area (Å²) >= 11 is 1.92. The minimum absolute atomic E-state index is 0.303. The summed E-state index contributed by atoms with van der Waals surface area (Å²) in [7, 11) is 2.06. The molecule has 82 valence electrons. The zero-order valence-corrected chi connectivity index (χ0v) is 10.2. The van der Waals surface area contributed by atoms with Crippen molar-refractivity contribution in [1.29, 1.82) is 0 Å². The Balaban J connectivity index is 1.94. The molecule has 3 rings (SSSR count). The Hall–Kier alpha value is -1.12. The zero-order valence-electron chi connectivity index (χ0n) is 9.36. The molecule has 0 saturated heterocycles. The van der Waals surface area contributed by atoms with Crippen molar-refractivity contribution in [3.05, 3.63) is 47.3 Å². The Kier molecular flexibility index (Phi) is 2.34. The molecule has 16 heavy (non-hydrogen) atoms. The van der Waals surface area contributed by atoms with Crippen molar-refractivity contribution in [2.24, 2.45) is 0 Å². The first-order valence-electron chi connectivity index (χ1n) is 5.69. The minimum atomic E-state index is 0.303. The van der Waals surface area contributed by atoms with E-state index in [2.05, 4.69) is 54.8 Å². The van der Waals surface area contributed by atoms with E-state index in [4.69, 9.17) is 0 Å². The van der Waals surface area contributed by atoms with Gasteiger partial charge in [-0.3, -0.25) is 0 Å². The fraction of sp³-hybridized carbons (Fsp3) is 0.286. The molecule has 0 amide bonds. The van der Waals surface area contributed by atoms with Gasteiger partial charge in [0.1, 0.15) is 0 Å². The number of thiophene rings is 1. The van der Waals surface area contributed by atoms with Gasteiger partial charge in [-0.1, -0.05) is 30.3 Å². The molecule has 0 unspecified atom stereocenters. The topological polar surface area (TPSA) is 12.0 Å². The highest BCUT2D eigenvalue weighted by Crippen LogP contribution is 2.48. The highest BCUT2D eigenvalue weighted by Gasteiger charge is 2.43. The molecule has 1 aromatic heterocycles. The first-order chi connectivity index (χ1) is 7.84. The van der Waals surface area contributed by atoms with Gasteiger partial charge in [0.05, 0.1) is 5.54 Å². The van der Waals surface area contributed by atoms with E-state index in [9.17, 15) is 0 Å². The van der Waals surface area contributed by atoms with Crippen LogP contribution >= 0.6 is 11.3 Å². The van der Waals surface area contributed by atoms with Crippen molar-refractivity contribution < 1.29 is 0 Å². The summed E-state index contributed by atoms with van der Waals surface area (Å²) in [5.74, 6) is 0. The Morgan fingerprint density at radius 1 is 1.06 bits per heavy atom. The lowest BCUT2D eigenvalue weighted by molar-refractivity contribution is 0.597. The molecule has 1 N–H and O–H groups in total. The lowest BCUT2D eigenvalue weighted by atomic mass is 10.2. The lowest BCUT2D eigenvalue weighted by Crippen LogP contribution is -2.22. The molecule has 0 radical (unpaired) electrons. The first-order valence-corrected chi connectivity index (χ1v) is 6.50. The SMILES string of the molecule is CNC1(c2ccc(-c3ccccc3)s2)CC1. The highest BCUT2D eigenvalue weighted by molar-refractivity contribution is 7.15. The van der Waals surface area contributed by atoms with E-state index >= 15 is 0 Å². The van der Waals surface area contributed by atoms with Crippen molar-refractivity contribution in [3.63, 3.8) is 0 Å². The summed E-state index contributed by atoms with van der Waals surface area (Å²) in [5.41, 5.74) is 1.63. The van der Waals surface area contributed by atoms with Gasteiger partial charge in [-0.25, -0.2) is 0 Å². The van der Waals surface area contributed by atoms with Crippen molar-refractivity contribution in [2.75, 3.05) is 7.05 Å². The van der Waals surface area contributed by atoms with Crippen LogP contribution in [0.4, 0.5) is 0 Å². The number of hydrogen-bond acceptors (Lipinski definition) is 2.